The molecule has 3 aromatic rings. The van der Waals surface area contributed by atoms with Crippen molar-refractivity contribution in [1.29, 1.82) is 5.26 Å². The molecule has 0 aliphatic carbocycles. The zero-order valence-electron chi connectivity index (χ0n) is 19.5. The fourth-order valence-corrected chi connectivity index (χ4v) is 4.69. The molecule has 37 heavy (non-hydrogen) atoms. The second-order valence-electron chi connectivity index (χ2n) is 8.11. The number of nitro benzene ring substituents is 1. The molecular weight excluding hydrogens is 492 g/mol. The van der Waals surface area contributed by atoms with E-state index in [2.05, 4.69) is 16.7 Å². The minimum Gasteiger partial charge on any atom is -0.489 e. The number of carbonyl (C=O) groups excluding carboxylic acids is 2. The zero-order valence-corrected chi connectivity index (χ0v) is 20.4. The highest BCUT2D eigenvalue weighted by molar-refractivity contribution is 8.03. The predicted molar refractivity (Wildman–Crippen MR) is 140 cm³/mol. The number of allylic oxidation sites excluding steroid dienone is 1. The van der Waals surface area contributed by atoms with E-state index >= 15 is 0 Å². The maximum atomic E-state index is 12.5. The molecule has 1 unspecified atom stereocenters. The number of thioether (sulfide) groups is 1. The van der Waals surface area contributed by atoms with Gasteiger partial charge in [-0.1, -0.05) is 66.4 Å². The summed E-state index contributed by atoms with van der Waals surface area (Å²) >= 11 is 1.00. The molecule has 0 fully saturated rings. The van der Waals surface area contributed by atoms with Crippen LogP contribution >= 0.6 is 11.8 Å². The number of nitriles is 1. The average Bonchev–Trinajstić information content (AvgIpc) is 2.91. The number of nitrogens with one attached hydrogen (secondary N) is 2. The molecule has 0 saturated heterocycles. The number of amides is 2. The Kier molecular flexibility index (Phi) is 8.18. The summed E-state index contributed by atoms with van der Waals surface area (Å²) in [6, 6.07) is 25.0. The highest BCUT2D eigenvalue weighted by Gasteiger charge is 2.30. The number of anilines is 1. The van der Waals surface area contributed by atoms with E-state index in [1.165, 1.54) is 18.2 Å². The minimum atomic E-state index is -0.580. The number of benzene rings is 3. The number of hydrogen-bond donors (Lipinski definition) is 2. The molecule has 3 aromatic carbocycles. The summed E-state index contributed by atoms with van der Waals surface area (Å²) in [7, 11) is 0. The van der Waals surface area contributed by atoms with Crippen molar-refractivity contribution in [2.75, 3.05) is 11.1 Å². The highest BCUT2D eigenvalue weighted by atomic mass is 32.2. The summed E-state index contributed by atoms with van der Waals surface area (Å²) < 4.78 is 5.82. The van der Waals surface area contributed by atoms with Crippen LogP contribution in [0.25, 0.3) is 0 Å². The molecule has 4 rings (SSSR count). The van der Waals surface area contributed by atoms with E-state index in [1.54, 1.807) is 18.2 Å². The van der Waals surface area contributed by atoms with Gasteiger partial charge in [-0.15, -0.1) is 0 Å². The second kappa shape index (κ2) is 11.9. The van der Waals surface area contributed by atoms with Crippen LogP contribution in [0.3, 0.4) is 0 Å². The topological polar surface area (TPSA) is 134 Å². The largest absolute Gasteiger partial charge is 0.489 e. The van der Waals surface area contributed by atoms with Crippen LogP contribution in [0, 0.1) is 21.4 Å². The fourth-order valence-electron chi connectivity index (χ4n) is 3.82. The average molecular weight is 515 g/mol. The lowest BCUT2D eigenvalue weighted by atomic mass is 9.87. The second-order valence-corrected chi connectivity index (χ2v) is 9.10. The molecule has 186 valence electrons. The van der Waals surface area contributed by atoms with Crippen molar-refractivity contribution in [3.63, 3.8) is 0 Å². The molecule has 9 nitrogen and oxygen atoms in total. The van der Waals surface area contributed by atoms with Crippen LogP contribution in [-0.2, 0) is 16.2 Å². The van der Waals surface area contributed by atoms with Crippen molar-refractivity contribution < 1.29 is 19.2 Å². The zero-order chi connectivity index (χ0) is 26.2. The van der Waals surface area contributed by atoms with Crippen molar-refractivity contribution >= 4 is 35.0 Å². The lowest BCUT2D eigenvalue weighted by Gasteiger charge is -2.25. The lowest BCUT2D eigenvalue weighted by Crippen LogP contribution is -2.31. The summed E-state index contributed by atoms with van der Waals surface area (Å²) in [6.07, 6.45) is 0.0968. The maximum absolute atomic E-state index is 12.5. The smallest absolute Gasteiger partial charge is 0.292 e. The van der Waals surface area contributed by atoms with Gasteiger partial charge in [-0.25, -0.2) is 0 Å². The Morgan fingerprint density at radius 3 is 2.51 bits per heavy atom. The molecule has 2 amide bonds. The van der Waals surface area contributed by atoms with Crippen molar-refractivity contribution in [1.82, 2.24) is 5.32 Å². The standard InChI is InChI=1S/C27H22N4O5S/c28-15-22-21(19-10-12-20(13-11-19)36-16-18-6-2-1-3-7-18)14-25(32)30-27(22)37-17-26(33)29-23-8-4-5-9-24(23)31(34)35/h1-13,21H,14,16-17H2,(H,29,33)(H,30,32). The first-order valence-electron chi connectivity index (χ1n) is 11.3. The van der Waals surface area contributed by atoms with E-state index in [0.29, 0.717) is 23.0 Å². The number of hydrogen-bond acceptors (Lipinski definition) is 7. The van der Waals surface area contributed by atoms with Gasteiger partial charge in [0.1, 0.15) is 18.0 Å². The van der Waals surface area contributed by atoms with Crippen molar-refractivity contribution in [2.24, 2.45) is 0 Å². The Bertz CT molecular complexity index is 1380. The molecular formula is C27H22N4O5S. The number of rotatable bonds is 9. The third kappa shape index (κ3) is 6.54. The van der Waals surface area contributed by atoms with Gasteiger partial charge < -0.3 is 15.4 Å². The van der Waals surface area contributed by atoms with E-state index in [9.17, 15) is 25.0 Å². The first-order chi connectivity index (χ1) is 17.9. The van der Waals surface area contributed by atoms with Gasteiger partial charge in [0.05, 0.1) is 27.3 Å². The van der Waals surface area contributed by atoms with Crippen molar-refractivity contribution in [2.45, 2.75) is 18.9 Å². The molecule has 0 aromatic heterocycles. The monoisotopic (exact) mass is 514 g/mol. The highest BCUT2D eigenvalue weighted by Crippen LogP contribution is 2.36. The molecule has 0 saturated carbocycles. The Morgan fingerprint density at radius 1 is 1.11 bits per heavy atom. The van der Waals surface area contributed by atoms with E-state index in [1.807, 2.05) is 42.5 Å². The molecule has 1 aliphatic heterocycles. The van der Waals surface area contributed by atoms with Crippen LogP contribution in [0.1, 0.15) is 23.5 Å². The van der Waals surface area contributed by atoms with Crippen LogP contribution in [0.15, 0.2) is 89.5 Å². The molecule has 10 heteroatoms. The quantitative estimate of drug-likeness (QED) is 0.307. The summed E-state index contributed by atoms with van der Waals surface area (Å²) in [5.41, 5.74) is 2.02. The summed E-state index contributed by atoms with van der Waals surface area (Å²) in [6.45, 7) is 0.421. The van der Waals surface area contributed by atoms with Crippen LogP contribution in [-0.4, -0.2) is 22.5 Å². The third-order valence-electron chi connectivity index (χ3n) is 5.61. The number of nitrogens with zero attached hydrogens (tertiary/aromatic N) is 2. The van der Waals surface area contributed by atoms with Crippen LogP contribution < -0.4 is 15.4 Å². The van der Waals surface area contributed by atoms with Gasteiger partial charge in [0.25, 0.3) is 5.69 Å². The lowest BCUT2D eigenvalue weighted by molar-refractivity contribution is -0.383. The first-order valence-corrected chi connectivity index (χ1v) is 12.3. The van der Waals surface area contributed by atoms with Gasteiger partial charge in [0.15, 0.2) is 0 Å². The Hall–Kier alpha value is -4.62. The molecule has 0 bridgehead atoms. The van der Waals surface area contributed by atoms with E-state index < -0.39 is 16.7 Å². The van der Waals surface area contributed by atoms with Gasteiger partial charge in [0, 0.05) is 18.4 Å². The summed E-state index contributed by atoms with van der Waals surface area (Å²) in [5.74, 6) is -0.721. The molecule has 1 aliphatic rings. The number of ether oxygens (including phenoxy) is 1. The molecule has 1 heterocycles. The number of para-hydroxylation sites is 2. The third-order valence-corrected chi connectivity index (χ3v) is 6.63. The molecule has 0 spiro atoms. The van der Waals surface area contributed by atoms with Gasteiger partial charge in [-0.2, -0.15) is 5.26 Å². The van der Waals surface area contributed by atoms with Gasteiger partial charge in [-0.3, -0.25) is 19.7 Å². The Balaban J connectivity index is 1.44. The maximum Gasteiger partial charge on any atom is 0.292 e. The van der Waals surface area contributed by atoms with Crippen LogP contribution in [0.4, 0.5) is 11.4 Å². The van der Waals surface area contributed by atoms with Crippen molar-refractivity contribution in [3.05, 3.63) is 111 Å². The normalized spacial score (nSPS) is 14.9. The summed E-state index contributed by atoms with van der Waals surface area (Å²) in [5, 5.41) is 26.5. The van der Waals surface area contributed by atoms with E-state index in [4.69, 9.17) is 4.74 Å². The fraction of sp³-hybridized carbons (Fsp3) is 0.148. The van der Waals surface area contributed by atoms with Gasteiger partial charge >= 0.3 is 0 Å². The van der Waals surface area contributed by atoms with Gasteiger partial charge in [-0.05, 0) is 29.3 Å². The minimum absolute atomic E-state index is 0.0766. The van der Waals surface area contributed by atoms with E-state index in [-0.39, 0.29) is 29.5 Å². The van der Waals surface area contributed by atoms with Crippen LogP contribution in [0.2, 0.25) is 0 Å². The molecule has 2 N–H and O–H groups in total. The van der Waals surface area contributed by atoms with Crippen LogP contribution in [0.5, 0.6) is 5.75 Å². The van der Waals surface area contributed by atoms with E-state index in [0.717, 1.165) is 22.9 Å². The Morgan fingerprint density at radius 2 is 1.81 bits per heavy atom. The van der Waals surface area contributed by atoms with Gasteiger partial charge in [0.2, 0.25) is 11.8 Å². The predicted octanol–water partition coefficient (Wildman–Crippen LogP) is 4.88. The molecule has 1 atom stereocenters. The SMILES string of the molecule is N#CC1=C(SCC(=O)Nc2ccccc2[N+](=O)[O-])NC(=O)CC1c1ccc(OCc2ccccc2)cc1. The number of carbonyl (C=O) groups is 2. The molecule has 0 radical (unpaired) electrons. The van der Waals surface area contributed by atoms with Crippen molar-refractivity contribution in [3.8, 4) is 11.8 Å². The summed E-state index contributed by atoms with van der Waals surface area (Å²) in [4.78, 5) is 35.5. The Labute approximate surface area is 217 Å². The first kappa shape index (κ1) is 25.5. The number of nitro groups is 1.